The molecule has 1 aliphatic rings. The van der Waals surface area contributed by atoms with E-state index in [9.17, 15) is 4.79 Å². The monoisotopic (exact) mass is 433 g/mol. The minimum Gasteiger partial charge on any atom is -0.362 e. The predicted molar refractivity (Wildman–Crippen MR) is 124 cm³/mol. The highest BCUT2D eigenvalue weighted by molar-refractivity contribution is 7.98. The number of halogens is 1. The Kier molecular flexibility index (Phi) is 8.01. The summed E-state index contributed by atoms with van der Waals surface area (Å²) in [6, 6.07) is 15.8. The van der Waals surface area contributed by atoms with E-state index < -0.39 is 0 Å². The first kappa shape index (κ1) is 21.0. The molecule has 0 bridgehead atoms. The zero-order valence-electron chi connectivity index (χ0n) is 15.6. The van der Waals surface area contributed by atoms with Crippen molar-refractivity contribution in [3.8, 4) is 0 Å². The van der Waals surface area contributed by atoms with Crippen LogP contribution in [0.3, 0.4) is 0 Å². The molecule has 0 unspecified atom stereocenters. The van der Waals surface area contributed by atoms with Crippen LogP contribution in [-0.4, -0.2) is 29.9 Å². The van der Waals surface area contributed by atoms with Gasteiger partial charge in [0.25, 0.3) is 0 Å². The first-order chi connectivity index (χ1) is 13.6. The minimum absolute atomic E-state index is 0.199. The average Bonchev–Trinajstić information content (AvgIpc) is 3.12. The van der Waals surface area contributed by atoms with Crippen LogP contribution in [0.5, 0.6) is 0 Å². The third-order valence-corrected chi connectivity index (χ3v) is 6.18. The molecule has 0 atom stereocenters. The van der Waals surface area contributed by atoms with E-state index in [0.717, 1.165) is 53.8 Å². The lowest BCUT2D eigenvalue weighted by Gasteiger charge is -2.16. The molecule has 4 nitrogen and oxygen atoms in total. The maximum Gasteiger partial charge on any atom is 0.227 e. The summed E-state index contributed by atoms with van der Waals surface area (Å²) in [4.78, 5) is 13.6. The van der Waals surface area contributed by atoms with Crippen molar-refractivity contribution < 1.29 is 4.79 Å². The van der Waals surface area contributed by atoms with Crippen LogP contribution in [0, 0.1) is 0 Å². The number of benzene rings is 2. The topological polar surface area (TPSA) is 44.4 Å². The highest BCUT2D eigenvalue weighted by Crippen LogP contribution is 2.23. The zero-order chi connectivity index (χ0) is 19.8. The van der Waals surface area contributed by atoms with Gasteiger partial charge in [0.15, 0.2) is 5.11 Å². The van der Waals surface area contributed by atoms with Crippen molar-refractivity contribution in [2.45, 2.75) is 25.0 Å². The third-order valence-electron chi connectivity index (χ3n) is 4.48. The SMILES string of the molecule is O=C1CCCN1c1ccc(NC(=S)NCCCSCc2ccccc2Cl)cc1. The second-order valence-corrected chi connectivity index (χ2v) is 8.49. The van der Waals surface area contributed by atoms with Gasteiger partial charge in [-0.05, 0) is 66.7 Å². The molecule has 148 valence electrons. The number of carbonyl (C=O) groups excluding carboxylic acids is 1. The molecular formula is C21H24ClN3OS2. The summed E-state index contributed by atoms with van der Waals surface area (Å²) in [6.07, 6.45) is 2.60. The largest absolute Gasteiger partial charge is 0.362 e. The quantitative estimate of drug-likeness (QED) is 0.449. The Balaban J connectivity index is 1.32. The lowest BCUT2D eigenvalue weighted by molar-refractivity contribution is -0.117. The van der Waals surface area contributed by atoms with Crippen LogP contribution in [0.15, 0.2) is 48.5 Å². The van der Waals surface area contributed by atoms with Gasteiger partial charge < -0.3 is 15.5 Å². The van der Waals surface area contributed by atoms with Crippen LogP contribution >= 0.6 is 35.6 Å². The molecule has 1 aliphatic heterocycles. The maximum atomic E-state index is 11.8. The van der Waals surface area contributed by atoms with Gasteiger partial charge in [-0.2, -0.15) is 11.8 Å². The van der Waals surface area contributed by atoms with Crippen molar-refractivity contribution in [3.05, 3.63) is 59.1 Å². The summed E-state index contributed by atoms with van der Waals surface area (Å²) in [6.45, 7) is 1.63. The van der Waals surface area contributed by atoms with Gasteiger partial charge in [0.05, 0.1) is 0 Å². The minimum atomic E-state index is 0.199. The molecule has 2 aromatic carbocycles. The summed E-state index contributed by atoms with van der Waals surface area (Å²) < 4.78 is 0. The predicted octanol–water partition coefficient (Wildman–Crippen LogP) is 5.08. The number of thiocarbonyl (C=S) groups is 1. The molecule has 2 aromatic rings. The molecule has 3 rings (SSSR count). The van der Waals surface area contributed by atoms with E-state index in [1.165, 1.54) is 5.56 Å². The standard InChI is InChI=1S/C21H24ClN3OS2/c22-19-6-2-1-5-16(19)15-28-14-4-12-23-21(27)24-17-8-10-18(11-9-17)25-13-3-7-20(25)26/h1-2,5-6,8-11H,3-4,7,12-15H2,(H2,23,24,27). The number of thioether (sulfide) groups is 1. The number of nitrogens with zero attached hydrogens (tertiary/aromatic N) is 1. The maximum absolute atomic E-state index is 11.8. The van der Waals surface area contributed by atoms with E-state index in [1.54, 1.807) is 0 Å². The van der Waals surface area contributed by atoms with Crippen molar-refractivity contribution in [1.82, 2.24) is 5.32 Å². The van der Waals surface area contributed by atoms with Gasteiger partial charge in [0.2, 0.25) is 5.91 Å². The number of anilines is 2. The molecule has 1 amide bonds. The highest BCUT2D eigenvalue weighted by Gasteiger charge is 2.21. The van der Waals surface area contributed by atoms with Crippen LogP contribution in [0.4, 0.5) is 11.4 Å². The van der Waals surface area contributed by atoms with Gasteiger partial charge in [-0.25, -0.2) is 0 Å². The van der Waals surface area contributed by atoms with Crippen molar-refractivity contribution >= 4 is 58.0 Å². The molecule has 7 heteroatoms. The number of nitrogens with one attached hydrogen (secondary N) is 2. The van der Waals surface area contributed by atoms with Gasteiger partial charge in [-0.3, -0.25) is 4.79 Å². The molecule has 2 N–H and O–H groups in total. The van der Waals surface area contributed by atoms with E-state index >= 15 is 0 Å². The van der Waals surface area contributed by atoms with Gasteiger partial charge in [-0.1, -0.05) is 29.8 Å². The molecule has 0 saturated carbocycles. The van der Waals surface area contributed by atoms with E-state index in [-0.39, 0.29) is 5.91 Å². The van der Waals surface area contributed by atoms with Gasteiger partial charge in [0.1, 0.15) is 0 Å². The lowest BCUT2D eigenvalue weighted by atomic mass is 10.2. The first-order valence-electron chi connectivity index (χ1n) is 9.40. The summed E-state index contributed by atoms with van der Waals surface area (Å²) in [5.74, 6) is 2.17. The zero-order valence-corrected chi connectivity index (χ0v) is 18.0. The molecular weight excluding hydrogens is 410 g/mol. The fourth-order valence-corrected chi connectivity index (χ4v) is 4.46. The number of rotatable bonds is 8. The van der Waals surface area contributed by atoms with Crippen molar-refractivity contribution in [2.75, 3.05) is 29.1 Å². The second-order valence-electron chi connectivity index (χ2n) is 6.57. The second kappa shape index (κ2) is 10.7. The summed E-state index contributed by atoms with van der Waals surface area (Å²) >= 11 is 13.4. The van der Waals surface area contributed by atoms with Crippen molar-refractivity contribution in [1.29, 1.82) is 0 Å². The molecule has 0 radical (unpaired) electrons. The van der Waals surface area contributed by atoms with Crippen molar-refractivity contribution in [3.63, 3.8) is 0 Å². The Labute approximate surface area is 181 Å². The van der Waals surface area contributed by atoms with E-state index in [2.05, 4.69) is 16.7 Å². The summed E-state index contributed by atoms with van der Waals surface area (Å²) in [5, 5.41) is 7.87. The summed E-state index contributed by atoms with van der Waals surface area (Å²) in [5.41, 5.74) is 3.04. The smallest absolute Gasteiger partial charge is 0.227 e. The Morgan fingerprint density at radius 3 is 2.68 bits per heavy atom. The average molecular weight is 434 g/mol. The highest BCUT2D eigenvalue weighted by atomic mass is 35.5. The van der Waals surface area contributed by atoms with Crippen LogP contribution in [-0.2, 0) is 10.5 Å². The molecule has 0 spiro atoms. The number of carbonyl (C=O) groups is 1. The Morgan fingerprint density at radius 2 is 1.96 bits per heavy atom. The fraction of sp³-hybridized carbons (Fsp3) is 0.333. The molecule has 0 aliphatic carbocycles. The number of hydrogen-bond donors (Lipinski definition) is 2. The molecule has 1 saturated heterocycles. The number of amides is 1. The lowest BCUT2D eigenvalue weighted by Crippen LogP contribution is -2.29. The summed E-state index contributed by atoms with van der Waals surface area (Å²) in [7, 11) is 0. The molecule has 0 aromatic heterocycles. The van der Waals surface area contributed by atoms with Crippen LogP contribution in [0.25, 0.3) is 0 Å². The Morgan fingerprint density at radius 1 is 1.18 bits per heavy atom. The van der Waals surface area contributed by atoms with Crippen molar-refractivity contribution in [2.24, 2.45) is 0 Å². The molecule has 28 heavy (non-hydrogen) atoms. The van der Waals surface area contributed by atoms with Crippen LogP contribution in [0.1, 0.15) is 24.8 Å². The van der Waals surface area contributed by atoms with E-state index in [0.29, 0.717) is 11.5 Å². The fourth-order valence-electron chi connectivity index (χ4n) is 2.99. The van der Waals surface area contributed by atoms with E-state index in [1.807, 2.05) is 59.1 Å². The van der Waals surface area contributed by atoms with Gasteiger partial charge in [0, 0.05) is 41.7 Å². The third kappa shape index (κ3) is 6.12. The first-order valence-corrected chi connectivity index (χ1v) is 11.3. The number of hydrogen-bond acceptors (Lipinski definition) is 3. The van der Waals surface area contributed by atoms with Crippen LogP contribution < -0.4 is 15.5 Å². The van der Waals surface area contributed by atoms with Gasteiger partial charge in [-0.15, -0.1) is 0 Å². The van der Waals surface area contributed by atoms with Gasteiger partial charge >= 0.3 is 0 Å². The Hall–Kier alpha value is -1.76. The van der Waals surface area contributed by atoms with E-state index in [4.69, 9.17) is 23.8 Å². The van der Waals surface area contributed by atoms with Crippen LogP contribution in [0.2, 0.25) is 5.02 Å². The Bertz CT molecular complexity index is 814. The molecule has 1 fully saturated rings. The normalized spacial score (nSPS) is 13.6. The molecule has 1 heterocycles.